The Morgan fingerprint density at radius 2 is 1.81 bits per heavy atom. The van der Waals surface area contributed by atoms with Gasteiger partial charge >= 0.3 is 0 Å². The quantitative estimate of drug-likeness (QED) is 0.697. The van der Waals surface area contributed by atoms with Crippen LogP contribution in [-0.2, 0) is 16.0 Å². The summed E-state index contributed by atoms with van der Waals surface area (Å²) in [6.07, 6.45) is 1.28. The Bertz CT molecular complexity index is 706. The molecule has 1 aliphatic carbocycles. The summed E-state index contributed by atoms with van der Waals surface area (Å²) in [6, 6.07) is 5.50. The minimum Gasteiger partial charge on any atom is -0.490 e. The fraction of sp³-hybridized carbons (Fsp3) is 0.571. The van der Waals surface area contributed by atoms with Crippen molar-refractivity contribution in [2.24, 2.45) is 16.3 Å². The van der Waals surface area contributed by atoms with E-state index in [2.05, 4.69) is 4.99 Å². The molecule has 1 aromatic carbocycles. The molecule has 1 aliphatic rings. The first-order chi connectivity index (χ1) is 12.3. The summed E-state index contributed by atoms with van der Waals surface area (Å²) in [5, 5.41) is 0. The molecule has 0 unspecified atom stereocenters. The first-order valence-electron chi connectivity index (χ1n) is 9.20. The van der Waals surface area contributed by atoms with Crippen LogP contribution in [0.25, 0.3) is 0 Å². The molecule has 1 aromatic rings. The summed E-state index contributed by atoms with van der Waals surface area (Å²) in [6.45, 7) is 8.95. The SMILES string of the molecule is CCOc1ccc(CC(=O)[C@H]2C(=O)CC(C)(C)CC2=NC)cc1OCC. The van der Waals surface area contributed by atoms with E-state index >= 15 is 0 Å². The zero-order chi connectivity index (χ0) is 19.3. The van der Waals surface area contributed by atoms with Gasteiger partial charge in [-0.15, -0.1) is 0 Å². The van der Waals surface area contributed by atoms with Crippen molar-refractivity contribution in [3.63, 3.8) is 0 Å². The van der Waals surface area contributed by atoms with Crippen LogP contribution in [0.4, 0.5) is 0 Å². The lowest BCUT2D eigenvalue weighted by Crippen LogP contribution is -2.42. The predicted molar refractivity (Wildman–Crippen MR) is 102 cm³/mol. The fourth-order valence-electron chi connectivity index (χ4n) is 3.50. The van der Waals surface area contributed by atoms with Gasteiger partial charge in [0.2, 0.25) is 0 Å². The molecule has 0 amide bonds. The van der Waals surface area contributed by atoms with Gasteiger partial charge < -0.3 is 9.47 Å². The lowest BCUT2D eigenvalue weighted by atomic mass is 9.69. The minimum atomic E-state index is -0.713. The number of aliphatic imine (C=N–C) groups is 1. The van der Waals surface area contributed by atoms with Gasteiger partial charge in [0.15, 0.2) is 17.3 Å². The van der Waals surface area contributed by atoms with E-state index < -0.39 is 5.92 Å². The molecular formula is C21H29NO4. The zero-order valence-electron chi connectivity index (χ0n) is 16.4. The second-order valence-electron chi connectivity index (χ2n) is 7.42. The highest BCUT2D eigenvalue weighted by Crippen LogP contribution is 2.35. The highest BCUT2D eigenvalue weighted by atomic mass is 16.5. The molecule has 5 heteroatoms. The van der Waals surface area contributed by atoms with Crippen LogP contribution in [0.5, 0.6) is 11.5 Å². The summed E-state index contributed by atoms with van der Waals surface area (Å²) in [5.74, 6) is 0.452. The van der Waals surface area contributed by atoms with E-state index in [0.29, 0.717) is 43.3 Å². The Balaban J connectivity index is 2.21. The summed E-state index contributed by atoms with van der Waals surface area (Å²) >= 11 is 0. The third-order valence-corrected chi connectivity index (χ3v) is 4.56. The monoisotopic (exact) mass is 359 g/mol. The molecule has 1 saturated carbocycles. The summed E-state index contributed by atoms with van der Waals surface area (Å²) < 4.78 is 11.2. The molecule has 5 nitrogen and oxygen atoms in total. The Morgan fingerprint density at radius 1 is 1.15 bits per heavy atom. The standard InChI is InChI=1S/C21H29NO4/c1-6-25-18-9-8-14(11-19(18)26-7-2)10-16(23)20-15(22-5)12-21(3,4)13-17(20)24/h8-9,11,20H,6-7,10,12-13H2,1-5H3/t20-/m0/s1. The Labute approximate surface area is 155 Å². The van der Waals surface area contributed by atoms with Crippen molar-refractivity contribution in [1.82, 2.24) is 0 Å². The van der Waals surface area contributed by atoms with Crippen LogP contribution < -0.4 is 9.47 Å². The van der Waals surface area contributed by atoms with E-state index in [1.807, 2.05) is 45.9 Å². The molecule has 0 aliphatic heterocycles. The average molecular weight is 359 g/mol. The van der Waals surface area contributed by atoms with Crippen molar-refractivity contribution in [3.05, 3.63) is 23.8 Å². The predicted octanol–water partition coefficient (Wildman–Crippen LogP) is 3.67. The van der Waals surface area contributed by atoms with Crippen molar-refractivity contribution in [2.45, 2.75) is 47.0 Å². The first kappa shape index (κ1) is 20.1. The van der Waals surface area contributed by atoms with E-state index in [1.165, 1.54) is 0 Å². The molecule has 0 N–H and O–H groups in total. The van der Waals surface area contributed by atoms with Crippen LogP contribution in [0.3, 0.4) is 0 Å². The average Bonchev–Trinajstić information content (AvgIpc) is 2.55. The Hall–Kier alpha value is -2.17. The van der Waals surface area contributed by atoms with E-state index in [0.717, 1.165) is 5.56 Å². The van der Waals surface area contributed by atoms with Crippen molar-refractivity contribution in [2.75, 3.05) is 20.3 Å². The van der Waals surface area contributed by atoms with Crippen molar-refractivity contribution in [3.8, 4) is 11.5 Å². The lowest BCUT2D eigenvalue weighted by molar-refractivity contribution is -0.131. The maximum atomic E-state index is 12.9. The van der Waals surface area contributed by atoms with E-state index in [4.69, 9.17) is 9.47 Å². The smallest absolute Gasteiger partial charge is 0.161 e. The van der Waals surface area contributed by atoms with Gasteiger partial charge in [-0.2, -0.15) is 0 Å². The maximum Gasteiger partial charge on any atom is 0.161 e. The number of ketones is 2. The van der Waals surface area contributed by atoms with Crippen LogP contribution in [-0.4, -0.2) is 37.5 Å². The topological polar surface area (TPSA) is 65.0 Å². The van der Waals surface area contributed by atoms with E-state index in [-0.39, 0.29) is 23.4 Å². The number of benzene rings is 1. The first-order valence-corrected chi connectivity index (χ1v) is 9.20. The molecule has 0 spiro atoms. The lowest BCUT2D eigenvalue weighted by Gasteiger charge is -2.33. The van der Waals surface area contributed by atoms with Gasteiger partial charge in [-0.3, -0.25) is 14.6 Å². The summed E-state index contributed by atoms with van der Waals surface area (Å²) in [4.78, 5) is 29.7. The maximum absolute atomic E-state index is 12.9. The van der Waals surface area contributed by atoms with Crippen LogP contribution >= 0.6 is 0 Å². The Kier molecular flexibility index (Phi) is 6.57. The normalized spacial score (nSPS) is 20.9. The van der Waals surface area contributed by atoms with Gasteiger partial charge in [0.1, 0.15) is 11.7 Å². The molecule has 142 valence electrons. The van der Waals surface area contributed by atoms with Crippen LogP contribution in [0.15, 0.2) is 23.2 Å². The summed E-state index contributed by atoms with van der Waals surface area (Å²) in [7, 11) is 1.66. The van der Waals surface area contributed by atoms with Crippen molar-refractivity contribution in [1.29, 1.82) is 0 Å². The van der Waals surface area contributed by atoms with Gasteiger partial charge in [0.05, 0.1) is 13.2 Å². The Morgan fingerprint density at radius 3 is 2.42 bits per heavy atom. The highest BCUT2D eigenvalue weighted by Gasteiger charge is 2.41. The second-order valence-corrected chi connectivity index (χ2v) is 7.42. The van der Waals surface area contributed by atoms with Crippen LogP contribution in [0, 0.1) is 11.3 Å². The molecule has 0 bridgehead atoms. The molecule has 0 heterocycles. The number of rotatable bonds is 7. The van der Waals surface area contributed by atoms with Gasteiger partial charge in [-0.25, -0.2) is 0 Å². The van der Waals surface area contributed by atoms with Crippen molar-refractivity contribution >= 4 is 17.3 Å². The number of ether oxygens (including phenoxy) is 2. The number of hydrogen-bond donors (Lipinski definition) is 0. The molecule has 1 fully saturated rings. The molecule has 0 aromatic heterocycles. The molecule has 26 heavy (non-hydrogen) atoms. The number of carbonyl (C=O) groups excluding carboxylic acids is 2. The number of Topliss-reactive ketones (excluding diaryl/α,β-unsaturated/α-hetero) is 2. The number of carbonyl (C=O) groups is 2. The third-order valence-electron chi connectivity index (χ3n) is 4.56. The third kappa shape index (κ3) is 4.71. The van der Waals surface area contributed by atoms with Gasteiger partial charge in [0.25, 0.3) is 0 Å². The van der Waals surface area contributed by atoms with Gasteiger partial charge in [-0.1, -0.05) is 19.9 Å². The molecular weight excluding hydrogens is 330 g/mol. The van der Waals surface area contributed by atoms with E-state index in [9.17, 15) is 9.59 Å². The minimum absolute atomic E-state index is 0.0252. The molecule has 2 rings (SSSR count). The molecule has 0 saturated heterocycles. The highest BCUT2D eigenvalue weighted by molar-refractivity contribution is 6.22. The molecule has 0 radical (unpaired) electrons. The van der Waals surface area contributed by atoms with Gasteiger partial charge in [-0.05, 0) is 43.4 Å². The molecule has 1 atom stereocenters. The summed E-state index contributed by atoms with van der Waals surface area (Å²) in [5.41, 5.74) is 1.38. The van der Waals surface area contributed by atoms with E-state index in [1.54, 1.807) is 7.05 Å². The largest absolute Gasteiger partial charge is 0.490 e. The van der Waals surface area contributed by atoms with Crippen LogP contribution in [0.1, 0.15) is 46.1 Å². The second kappa shape index (κ2) is 8.47. The van der Waals surface area contributed by atoms with Gasteiger partial charge in [0, 0.05) is 25.6 Å². The van der Waals surface area contributed by atoms with Crippen LogP contribution in [0.2, 0.25) is 0 Å². The number of nitrogens with zero attached hydrogens (tertiary/aromatic N) is 1. The number of hydrogen-bond acceptors (Lipinski definition) is 5. The van der Waals surface area contributed by atoms with Crippen molar-refractivity contribution < 1.29 is 19.1 Å². The zero-order valence-corrected chi connectivity index (χ0v) is 16.4. The fourth-order valence-corrected chi connectivity index (χ4v) is 3.50.